The third-order valence-corrected chi connectivity index (χ3v) is 7.77. The van der Waals surface area contributed by atoms with E-state index >= 15 is 0 Å². The quantitative estimate of drug-likeness (QED) is 0.232. The molecule has 0 saturated heterocycles. The molecule has 7 rings (SSSR count). The first-order chi connectivity index (χ1) is 17.7. The summed E-state index contributed by atoms with van der Waals surface area (Å²) in [5.41, 5.74) is 6.18. The van der Waals surface area contributed by atoms with Crippen molar-refractivity contribution in [3.63, 3.8) is 0 Å². The van der Waals surface area contributed by atoms with E-state index in [1.807, 2.05) is 0 Å². The molecule has 6 aromatic carbocycles. The van der Waals surface area contributed by atoms with E-state index in [4.69, 9.17) is 0 Å². The molecule has 0 nitrogen and oxygen atoms in total. The van der Waals surface area contributed by atoms with Crippen LogP contribution in [0.3, 0.4) is 0 Å². The standard InChI is InChI=1S/C36H26/c1-23-16-19-32-33(36-30-14-8-6-12-27(30)22-28-13-7-9-15-31(28)36)21-18-26-17-20-29(34(23)35(26)32)24(2)25-10-4-3-5-11-25/h3-4,6-10,12-22H,1-2,5,11H2. The van der Waals surface area contributed by atoms with Gasteiger partial charge in [-0.3, -0.25) is 0 Å². The molecule has 0 heterocycles. The van der Waals surface area contributed by atoms with E-state index in [1.54, 1.807) is 0 Å². The van der Waals surface area contributed by atoms with Crippen molar-refractivity contribution in [1.29, 1.82) is 0 Å². The molecule has 6 aromatic rings. The highest BCUT2D eigenvalue weighted by Gasteiger charge is 2.17. The summed E-state index contributed by atoms with van der Waals surface area (Å²) in [4.78, 5) is 0. The zero-order valence-electron chi connectivity index (χ0n) is 20.2. The first-order valence-electron chi connectivity index (χ1n) is 12.6. The van der Waals surface area contributed by atoms with Crippen molar-refractivity contribution in [1.82, 2.24) is 0 Å². The molecular formula is C36H26. The van der Waals surface area contributed by atoms with Crippen LogP contribution < -0.4 is 5.22 Å². The number of rotatable bonds is 3. The van der Waals surface area contributed by atoms with E-state index in [9.17, 15) is 0 Å². The van der Waals surface area contributed by atoms with Gasteiger partial charge in [0.1, 0.15) is 0 Å². The second kappa shape index (κ2) is 8.07. The molecule has 0 spiro atoms. The van der Waals surface area contributed by atoms with Gasteiger partial charge in [0.15, 0.2) is 0 Å². The number of hydrogen-bond acceptors (Lipinski definition) is 0. The largest absolute Gasteiger partial charge is 0.0911 e. The molecule has 0 bridgehead atoms. The molecule has 0 amide bonds. The Hall–Kier alpha value is -4.42. The summed E-state index contributed by atoms with van der Waals surface area (Å²) >= 11 is 0. The van der Waals surface area contributed by atoms with E-state index < -0.39 is 0 Å². The summed E-state index contributed by atoms with van der Waals surface area (Å²) in [6, 6.07) is 33.3. The molecule has 170 valence electrons. The summed E-state index contributed by atoms with van der Waals surface area (Å²) in [6.45, 7) is 9.01. The topological polar surface area (TPSA) is 0 Å². The summed E-state index contributed by atoms with van der Waals surface area (Å²) < 4.78 is 0. The van der Waals surface area contributed by atoms with Crippen molar-refractivity contribution in [2.45, 2.75) is 12.8 Å². The molecule has 0 saturated carbocycles. The summed E-state index contributed by atoms with van der Waals surface area (Å²) in [5.74, 6) is 0. The number of allylic oxidation sites excluding steroid dienone is 5. The fraction of sp³-hybridized carbons (Fsp3) is 0.0556. The van der Waals surface area contributed by atoms with Gasteiger partial charge >= 0.3 is 0 Å². The minimum atomic E-state index is 1.03. The zero-order chi connectivity index (χ0) is 24.2. The maximum absolute atomic E-state index is 4.55. The summed E-state index contributed by atoms with van der Waals surface area (Å²) in [5, 5.41) is 11.2. The Kier molecular flexibility index (Phi) is 4.69. The Bertz CT molecular complexity index is 1910. The Morgan fingerprint density at radius 2 is 1.39 bits per heavy atom. The van der Waals surface area contributed by atoms with E-state index in [0.29, 0.717) is 0 Å². The maximum atomic E-state index is 4.55. The molecule has 0 aliphatic heterocycles. The molecule has 0 N–H and O–H groups in total. The van der Waals surface area contributed by atoms with Crippen molar-refractivity contribution >= 4 is 55.2 Å². The van der Waals surface area contributed by atoms with Crippen LogP contribution in [-0.2, 0) is 0 Å². The lowest BCUT2D eigenvalue weighted by atomic mass is 9.84. The van der Waals surface area contributed by atoms with Gasteiger partial charge in [-0.2, -0.15) is 0 Å². The zero-order valence-corrected chi connectivity index (χ0v) is 20.2. The van der Waals surface area contributed by atoms with E-state index in [0.717, 1.165) is 23.6 Å². The van der Waals surface area contributed by atoms with Crippen LogP contribution in [0.5, 0.6) is 0 Å². The fourth-order valence-electron chi connectivity index (χ4n) is 6.02. The van der Waals surface area contributed by atoms with Gasteiger partial charge in [0, 0.05) is 0 Å². The Balaban J connectivity index is 1.60. The molecule has 1 aliphatic rings. The van der Waals surface area contributed by atoms with Gasteiger partial charge in [-0.25, -0.2) is 0 Å². The predicted molar refractivity (Wildman–Crippen MR) is 158 cm³/mol. The molecule has 0 radical (unpaired) electrons. The van der Waals surface area contributed by atoms with E-state index in [1.165, 1.54) is 65.4 Å². The van der Waals surface area contributed by atoms with Crippen molar-refractivity contribution in [3.05, 3.63) is 132 Å². The van der Waals surface area contributed by atoms with E-state index in [2.05, 4.69) is 122 Å². The van der Waals surface area contributed by atoms with E-state index in [-0.39, 0.29) is 0 Å². The normalized spacial score (nSPS) is 13.6. The second-order valence-corrected chi connectivity index (χ2v) is 9.80. The second-order valence-electron chi connectivity index (χ2n) is 9.80. The monoisotopic (exact) mass is 458 g/mol. The van der Waals surface area contributed by atoms with Crippen LogP contribution in [0.2, 0.25) is 0 Å². The third kappa shape index (κ3) is 3.08. The first-order valence-corrected chi connectivity index (χ1v) is 12.6. The highest BCUT2D eigenvalue weighted by atomic mass is 14.2. The maximum Gasteiger partial charge on any atom is -0.00206 e. The van der Waals surface area contributed by atoms with Crippen molar-refractivity contribution < 1.29 is 0 Å². The summed E-state index contributed by atoms with van der Waals surface area (Å²) in [6.07, 6.45) is 8.69. The van der Waals surface area contributed by atoms with Crippen LogP contribution in [0.25, 0.3) is 66.4 Å². The lowest BCUT2D eigenvalue weighted by Crippen LogP contribution is -2.04. The molecule has 36 heavy (non-hydrogen) atoms. The SMILES string of the molecule is C=C(C1=CC=CCC1)c1ccc2ccc(-c3c4ccccc4cc4ccccc34)c3ccc(=C)c1c23. The van der Waals surface area contributed by atoms with Crippen molar-refractivity contribution in [3.8, 4) is 11.1 Å². The Morgan fingerprint density at radius 1 is 0.667 bits per heavy atom. The molecule has 0 atom stereocenters. The average Bonchev–Trinajstić information content (AvgIpc) is 2.93. The van der Waals surface area contributed by atoms with Gasteiger partial charge in [0.25, 0.3) is 0 Å². The molecule has 0 fully saturated rings. The van der Waals surface area contributed by atoms with Gasteiger partial charge in [0.2, 0.25) is 0 Å². The lowest BCUT2D eigenvalue weighted by Gasteiger charge is -2.19. The van der Waals surface area contributed by atoms with Gasteiger partial charge in [-0.05, 0) is 95.1 Å². The third-order valence-electron chi connectivity index (χ3n) is 7.77. The van der Waals surface area contributed by atoms with Crippen LogP contribution in [-0.4, -0.2) is 0 Å². The number of benzene rings is 6. The van der Waals surface area contributed by atoms with Gasteiger partial charge in [-0.1, -0.05) is 116 Å². The highest BCUT2D eigenvalue weighted by molar-refractivity contribution is 6.23. The number of hydrogen-bond donors (Lipinski definition) is 0. The van der Waals surface area contributed by atoms with Crippen LogP contribution in [0.15, 0.2) is 121 Å². The number of fused-ring (bicyclic) bond motifs is 2. The Labute approximate surface area is 211 Å². The predicted octanol–water partition coefficient (Wildman–Crippen LogP) is 9.39. The van der Waals surface area contributed by atoms with Crippen LogP contribution in [0, 0.1) is 0 Å². The Morgan fingerprint density at radius 3 is 2.11 bits per heavy atom. The van der Waals surface area contributed by atoms with Gasteiger partial charge in [0.05, 0.1) is 0 Å². The van der Waals surface area contributed by atoms with Crippen molar-refractivity contribution in [2.24, 2.45) is 0 Å². The van der Waals surface area contributed by atoms with Crippen LogP contribution in [0.1, 0.15) is 18.4 Å². The molecule has 0 unspecified atom stereocenters. The highest BCUT2D eigenvalue weighted by Crippen LogP contribution is 2.42. The average molecular weight is 459 g/mol. The van der Waals surface area contributed by atoms with Crippen LogP contribution >= 0.6 is 0 Å². The smallest absolute Gasteiger partial charge is 0.00206 e. The first kappa shape index (κ1) is 20.9. The molecule has 0 aromatic heterocycles. The van der Waals surface area contributed by atoms with Gasteiger partial charge in [-0.15, -0.1) is 0 Å². The van der Waals surface area contributed by atoms with Crippen LogP contribution in [0.4, 0.5) is 0 Å². The molecule has 0 heteroatoms. The molecule has 1 aliphatic carbocycles. The minimum absolute atomic E-state index is 1.03. The minimum Gasteiger partial charge on any atom is -0.0911 e. The fourth-order valence-corrected chi connectivity index (χ4v) is 6.02. The van der Waals surface area contributed by atoms with Gasteiger partial charge < -0.3 is 0 Å². The molecular weight excluding hydrogens is 432 g/mol. The lowest BCUT2D eigenvalue weighted by molar-refractivity contribution is 0.997. The van der Waals surface area contributed by atoms with Crippen molar-refractivity contribution in [2.75, 3.05) is 0 Å². The summed E-state index contributed by atoms with van der Waals surface area (Å²) in [7, 11) is 0.